The van der Waals surface area contributed by atoms with Crippen molar-refractivity contribution >= 4 is 11.9 Å². The van der Waals surface area contributed by atoms with Crippen LogP contribution in [0.1, 0.15) is 34.3 Å². The molecule has 0 amide bonds. The lowest BCUT2D eigenvalue weighted by atomic mass is 9.90. The molecule has 0 atom stereocenters. The van der Waals surface area contributed by atoms with E-state index in [4.69, 9.17) is 0 Å². The number of nitrogens with zero attached hydrogens (tertiary/aromatic N) is 1. The van der Waals surface area contributed by atoms with E-state index in [1.54, 1.807) is 6.08 Å². The fourth-order valence-electron chi connectivity index (χ4n) is 3.24. The maximum atomic E-state index is 12.3. The Bertz CT molecular complexity index is 680. The molecule has 0 unspecified atom stereocenters. The zero-order valence-electron chi connectivity index (χ0n) is 14.3. The van der Waals surface area contributed by atoms with Crippen molar-refractivity contribution in [2.45, 2.75) is 19.3 Å². The lowest BCUT2D eigenvalue weighted by Gasteiger charge is -2.28. The molecule has 0 aromatic heterocycles. The van der Waals surface area contributed by atoms with Crippen molar-refractivity contribution in [3.05, 3.63) is 77.4 Å². The van der Waals surface area contributed by atoms with E-state index < -0.39 is 0 Å². The molecular weight excluding hydrogens is 294 g/mol. The molecule has 2 heteroatoms. The summed E-state index contributed by atoms with van der Waals surface area (Å²) in [6.45, 7) is 2.40. The number of hydrogen-bond acceptors (Lipinski definition) is 2. The van der Waals surface area contributed by atoms with Crippen LogP contribution in [-0.2, 0) is 6.42 Å². The van der Waals surface area contributed by atoms with Gasteiger partial charge in [0.1, 0.15) is 0 Å². The normalized spacial score (nSPS) is 16.5. The standard InChI is InChI=1S/C22H25NO/c1-23-15-13-20(14-16-23)17-19-7-10-21(11-8-19)22(24)12-9-18-5-3-2-4-6-18/h2-12,20H,13-17H2,1H3/b12-9+. The summed E-state index contributed by atoms with van der Waals surface area (Å²) in [4.78, 5) is 14.7. The monoisotopic (exact) mass is 319 g/mol. The van der Waals surface area contributed by atoms with Gasteiger partial charge in [-0.05, 0) is 62.5 Å². The summed E-state index contributed by atoms with van der Waals surface area (Å²) in [5.74, 6) is 0.838. The molecule has 0 radical (unpaired) electrons. The molecule has 0 spiro atoms. The van der Waals surface area contributed by atoms with Crippen LogP contribution in [0.3, 0.4) is 0 Å². The summed E-state index contributed by atoms with van der Waals surface area (Å²) in [5.41, 5.74) is 3.15. The first-order valence-corrected chi connectivity index (χ1v) is 8.75. The van der Waals surface area contributed by atoms with Gasteiger partial charge in [-0.3, -0.25) is 4.79 Å². The van der Waals surface area contributed by atoms with Crippen molar-refractivity contribution in [1.82, 2.24) is 4.90 Å². The summed E-state index contributed by atoms with van der Waals surface area (Å²) in [6.07, 6.45) is 7.20. The van der Waals surface area contributed by atoms with Crippen LogP contribution in [0, 0.1) is 5.92 Å². The molecule has 0 aliphatic carbocycles. The highest BCUT2D eigenvalue weighted by atomic mass is 16.1. The first-order chi connectivity index (χ1) is 11.7. The average molecular weight is 319 g/mol. The zero-order chi connectivity index (χ0) is 16.8. The number of piperidine rings is 1. The molecule has 124 valence electrons. The van der Waals surface area contributed by atoms with Gasteiger partial charge < -0.3 is 4.90 Å². The summed E-state index contributed by atoms with van der Waals surface area (Å²) < 4.78 is 0. The van der Waals surface area contributed by atoms with Crippen LogP contribution < -0.4 is 0 Å². The SMILES string of the molecule is CN1CCC(Cc2ccc(C(=O)/C=C/c3ccccc3)cc2)CC1. The molecule has 2 aromatic rings. The van der Waals surface area contributed by atoms with Gasteiger partial charge in [0.25, 0.3) is 0 Å². The maximum Gasteiger partial charge on any atom is 0.185 e. The second-order valence-corrected chi connectivity index (χ2v) is 6.76. The minimum absolute atomic E-state index is 0.0599. The fourth-order valence-corrected chi connectivity index (χ4v) is 3.24. The summed E-state index contributed by atoms with van der Waals surface area (Å²) in [6, 6.07) is 18.1. The third-order valence-corrected chi connectivity index (χ3v) is 4.83. The third kappa shape index (κ3) is 4.65. The largest absolute Gasteiger partial charge is 0.306 e. The number of rotatable bonds is 5. The highest BCUT2D eigenvalue weighted by Crippen LogP contribution is 2.21. The molecule has 24 heavy (non-hydrogen) atoms. The molecular formula is C22H25NO. The van der Waals surface area contributed by atoms with Crippen molar-refractivity contribution < 1.29 is 4.79 Å². The molecule has 1 aliphatic rings. The van der Waals surface area contributed by atoms with E-state index in [-0.39, 0.29) is 5.78 Å². The van der Waals surface area contributed by atoms with Crippen molar-refractivity contribution in [1.29, 1.82) is 0 Å². The molecule has 2 nitrogen and oxygen atoms in total. The van der Waals surface area contributed by atoms with Crippen LogP contribution in [0.25, 0.3) is 6.08 Å². The zero-order valence-corrected chi connectivity index (χ0v) is 14.3. The summed E-state index contributed by atoms with van der Waals surface area (Å²) >= 11 is 0. The molecule has 1 saturated heterocycles. The Morgan fingerprint density at radius 1 is 1.04 bits per heavy atom. The van der Waals surface area contributed by atoms with E-state index in [9.17, 15) is 4.79 Å². The predicted octanol–water partition coefficient (Wildman–Crippen LogP) is 4.47. The van der Waals surface area contributed by atoms with Crippen LogP contribution in [0.5, 0.6) is 0 Å². The Kier molecular flexibility index (Phi) is 5.60. The Morgan fingerprint density at radius 2 is 1.71 bits per heavy atom. The first kappa shape index (κ1) is 16.7. The number of likely N-dealkylation sites (tertiary alicyclic amines) is 1. The smallest absolute Gasteiger partial charge is 0.185 e. The van der Waals surface area contributed by atoms with E-state index in [1.165, 1.54) is 31.5 Å². The maximum absolute atomic E-state index is 12.3. The van der Waals surface area contributed by atoms with Gasteiger partial charge in [0.05, 0.1) is 0 Å². The highest BCUT2D eigenvalue weighted by Gasteiger charge is 2.16. The molecule has 1 heterocycles. The van der Waals surface area contributed by atoms with Crippen molar-refractivity contribution in [2.75, 3.05) is 20.1 Å². The Morgan fingerprint density at radius 3 is 2.38 bits per heavy atom. The van der Waals surface area contributed by atoms with Gasteiger partial charge >= 0.3 is 0 Å². The Hall–Kier alpha value is -2.19. The van der Waals surface area contributed by atoms with E-state index in [0.717, 1.165) is 23.5 Å². The Balaban J connectivity index is 1.57. The van der Waals surface area contributed by atoms with Crippen LogP contribution in [0.4, 0.5) is 0 Å². The van der Waals surface area contributed by atoms with Crippen molar-refractivity contribution in [3.8, 4) is 0 Å². The second-order valence-electron chi connectivity index (χ2n) is 6.76. The molecule has 0 N–H and O–H groups in total. The average Bonchev–Trinajstić information content (AvgIpc) is 2.63. The minimum Gasteiger partial charge on any atom is -0.306 e. The fraction of sp³-hybridized carbons (Fsp3) is 0.318. The molecule has 2 aromatic carbocycles. The molecule has 1 aliphatic heterocycles. The van der Waals surface area contributed by atoms with E-state index in [0.29, 0.717) is 0 Å². The molecule has 3 rings (SSSR count). The number of carbonyl (C=O) groups excluding carboxylic acids is 1. The van der Waals surface area contributed by atoms with E-state index in [1.807, 2.05) is 48.5 Å². The number of hydrogen-bond donors (Lipinski definition) is 0. The van der Waals surface area contributed by atoms with Gasteiger partial charge in [-0.1, -0.05) is 60.7 Å². The van der Waals surface area contributed by atoms with Gasteiger partial charge in [0, 0.05) is 5.56 Å². The van der Waals surface area contributed by atoms with Gasteiger partial charge in [-0.25, -0.2) is 0 Å². The van der Waals surface area contributed by atoms with Crippen LogP contribution in [0.2, 0.25) is 0 Å². The topological polar surface area (TPSA) is 20.3 Å². The lowest BCUT2D eigenvalue weighted by molar-refractivity contribution is 0.104. The first-order valence-electron chi connectivity index (χ1n) is 8.75. The molecule has 0 saturated carbocycles. The van der Waals surface area contributed by atoms with Gasteiger partial charge in [0.15, 0.2) is 5.78 Å². The van der Waals surface area contributed by atoms with Crippen LogP contribution in [-0.4, -0.2) is 30.8 Å². The van der Waals surface area contributed by atoms with Crippen molar-refractivity contribution in [3.63, 3.8) is 0 Å². The third-order valence-electron chi connectivity index (χ3n) is 4.83. The highest BCUT2D eigenvalue weighted by molar-refractivity contribution is 6.06. The lowest BCUT2D eigenvalue weighted by Crippen LogP contribution is -2.30. The van der Waals surface area contributed by atoms with Gasteiger partial charge in [0.2, 0.25) is 0 Å². The van der Waals surface area contributed by atoms with Crippen LogP contribution >= 0.6 is 0 Å². The quantitative estimate of drug-likeness (QED) is 0.599. The van der Waals surface area contributed by atoms with Crippen LogP contribution in [0.15, 0.2) is 60.7 Å². The Labute approximate surface area is 144 Å². The molecule has 0 bridgehead atoms. The number of carbonyl (C=O) groups is 1. The number of ketones is 1. The van der Waals surface area contributed by atoms with Gasteiger partial charge in [-0.2, -0.15) is 0 Å². The summed E-state index contributed by atoms with van der Waals surface area (Å²) in [5, 5.41) is 0. The molecule has 1 fully saturated rings. The van der Waals surface area contributed by atoms with E-state index >= 15 is 0 Å². The van der Waals surface area contributed by atoms with Crippen molar-refractivity contribution in [2.24, 2.45) is 5.92 Å². The second kappa shape index (κ2) is 8.07. The predicted molar refractivity (Wildman–Crippen MR) is 100 cm³/mol. The minimum atomic E-state index is 0.0599. The summed E-state index contributed by atoms with van der Waals surface area (Å²) in [7, 11) is 2.19. The van der Waals surface area contributed by atoms with Gasteiger partial charge in [-0.15, -0.1) is 0 Å². The number of allylic oxidation sites excluding steroid dienone is 1. The number of benzene rings is 2. The van der Waals surface area contributed by atoms with E-state index in [2.05, 4.69) is 24.1 Å².